The van der Waals surface area contributed by atoms with E-state index >= 15 is 0 Å². The zero-order valence-corrected chi connectivity index (χ0v) is 20.0. The van der Waals surface area contributed by atoms with Gasteiger partial charge in [0.05, 0.1) is 48.4 Å². The Hall–Kier alpha value is -4.18. The summed E-state index contributed by atoms with van der Waals surface area (Å²) >= 11 is 0. The van der Waals surface area contributed by atoms with E-state index in [1.807, 2.05) is 25.1 Å². The maximum atomic E-state index is 14.2. The Morgan fingerprint density at radius 2 is 1.89 bits per heavy atom. The first kappa shape index (κ1) is 22.3. The molecule has 1 saturated heterocycles. The Labute approximate surface area is 207 Å². The molecule has 1 atom stereocenters. The van der Waals surface area contributed by atoms with E-state index in [-0.39, 0.29) is 18.4 Å². The van der Waals surface area contributed by atoms with Crippen molar-refractivity contribution in [3.63, 3.8) is 0 Å². The third-order valence-corrected chi connectivity index (χ3v) is 6.59. The number of carbonyl (C=O) groups is 2. The summed E-state index contributed by atoms with van der Waals surface area (Å²) in [5.41, 5.74) is 2.84. The van der Waals surface area contributed by atoms with E-state index in [1.165, 1.54) is 0 Å². The quantitative estimate of drug-likeness (QED) is 0.438. The van der Waals surface area contributed by atoms with Crippen molar-refractivity contribution < 1.29 is 23.5 Å². The number of rotatable bonds is 3. The number of hydrogen-bond acceptors (Lipinski definition) is 7. The second-order valence-electron chi connectivity index (χ2n) is 8.87. The van der Waals surface area contributed by atoms with Gasteiger partial charge in [-0.25, -0.2) is 4.98 Å². The van der Waals surface area contributed by atoms with Crippen LogP contribution in [0.15, 0.2) is 53.1 Å². The highest BCUT2D eigenvalue weighted by Gasteiger charge is 2.37. The number of amides is 2. The molecule has 6 rings (SSSR count). The number of fused-ring (bicyclic) bond motifs is 2. The summed E-state index contributed by atoms with van der Waals surface area (Å²) in [4.78, 5) is 35.6. The standard InChI is InChI=1S/C26H25N5O5/c1-16-23-17(14-18(20-8-5-11-35-20)27-24(23)29(2)28-16)25(32)31-15-22(26(33)30-9-12-34-13-10-30)36-21-7-4-3-6-19(21)31/h3-8,11,14,22H,9-10,12-13,15H2,1-2H3/t22-/m1/s1. The summed E-state index contributed by atoms with van der Waals surface area (Å²) in [6, 6.07) is 12.6. The van der Waals surface area contributed by atoms with E-state index in [0.29, 0.717) is 71.5 Å². The predicted molar refractivity (Wildman–Crippen MR) is 131 cm³/mol. The molecule has 0 bridgehead atoms. The second-order valence-corrected chi connectivity index (χ2v) is 8.87. The first-order chi connectivity index (χ1) is 17.5. The lowest BCUT2D eigenvalue weighted by Gasteiger charge is -2.37. The van der Waals surface area contributed by atoms with Crippen molar-refractivity contribution in [2.75, 3.05) is 37.7 Å². The van der Waals surface area contributed by atoms with Crippen LogP contribution in [0.25, 0.3) is 22.5 Å². The molecular weight excluding hydrogens is 462 g/mol. The van der Waals surface area contributed by atoms with Gasteiger partial charge >= 0.3 is 0 Å². The lowest BCUT2D eigenvalue weighted by atomic mass is 10.0. The van der Waals surface area contributed by atoms with Crippen LogP contribution in [0.4, 0.5) is 5.69 Å². The number of anilines is 1. The van der Waals surface area contributed by atoms with Crippen LogP contribution >= 0.6 is 0 Å². The van der Waals surface area contributed by atoms with Gasteiger partial charge in [-0.1, -0.05) is 12.1 Å². The van der Waals surface area contributed by atoms with Gasteiger partial charge in [0.2, 0.25) is 0 Å². The molecule has 0 N–H and O–H groups in total. The third kappa shape index (κ3) is 3.70. The van der Waals surface area contributed by atoms with E-state index < -0.39 is 6.10 Å². The Balaban J connectivity index is 1.44. The van der Waals surface area contributed by atoms with Gasteiger partial charge in [-0.2, -0.15) is 5.10 Å². The van der Waals surface area contributed by atoms with Crippen LogP contribution in [0.3, 0.4) is 0 Å². The summed E-state index contributed by atoms with van der Waals surface area (Å²) < 4.78 is 18.7. The van der Waals surface area contributed by atoms with E-state index in [4.69, 9.17) is 18.9 Å². The number of benzene rings is 1. The summed E-state index contributed by atoms with van der Waals surface area (Å²) in [5, 5.41) is 5.17. The van der Waals surface area contributed by atoms with Gasteiger partial charge in [0.1, 0.15) is 11.4 Å². The van der Waals surface area contributed by atoms with Gasteiger partial charge in [-0.3, -0.25) is 14.3 Å². The zero-order chi connectivity index (χ0) is 24.8. The van der Waals surface area contributed by atoms with Crippen LogP contribution in [0.5, 0.6) is 5.75 Å². The smallest absolute Gasteiger partial charge is 0.265 e. The average molecular weight is 488 g/mol. The number of carbonyl (C=O) groups excluding carboxylic acids is 2. The number of aromatic nitrogens is 3. The first-order valence-electron chi connectivity index (χ1n) is 11.8. The monoisotopic (exact) mass is 487 g/mol. The van der Waals surface area contributed by atoms with Crippen molar-refractivity contribution >= 4 is 28.5 Å². The molecule has 1 aromatic carbocycles. The van der Waals surface area contributed by atoms with Crippen LogP contribution in [0, 0.1) is 6.92 Å². The number of aryl methyl sites for hydroxylation is 2. The molecule has 0 saturated carbocycles. The molecule has 3 aromatic heterocycles. The highest BCUT2D eigenvalue weighted by atomic mass is 16.5. The van der Waals surface area contributed by atoms with Crippen molar-refractivity contribution in [1.29, 1.82) is 0 Å². The SMILES string of the molecule is Cc1nn(C)c2nc(-c3ccco3)cc(C(=O)N3C[C@H](C(=O)N4CCOCC4)Oc4ccccc43)c12. The number of morpholine rings is 1. The number of nitrogens with zero attached hydrogens (tertiary/aromatic N) is 5. The Morgan fingerprint density at radius 3 is 2.67 bits per heavy atom. The minimum atomic E-state index is -0.821. The van der Waals surface area contributed by atoms with Crippen molar-refractivity contribution in [3.8, 4) is 17.2 Å². The van der Waals surface area contributed by atoms with E-state index in [1.54, 1.807) is 52.1 Å². The Kier molecular flexibility index (Phi) is 5.45. The fraction of sp³-hybridized carbons (Fsp3) is 0.308. The molecule has 2 amide bonds. The van der Waals surface area contributed by atoms with Crippen LogP contribution in [0.2, 0.25) is 0 Å². The molecule has 1 fully saturated rings. The molecule has 4 aromatic rings. The molecule has 10 heteroatoms. The van der Waals surface area contributed by atoms with E-state index in [9.17, 15) is 9.59 Å². The topological polar surface area (TPSA) is 103 Å². The summed E-state index contributed by atoms with van der Waals surface area (Å²) in [5.74, 6) is 0.622. The summed E-state index contributed by atoms with van der Waals surface area (Å²) in [6.45, 7) is 3.92. The van der Waals surface area contributed by atoms with Crippen LogP contribution < -0.4 is 9.64 Å². The van der Waals surface area contributed by atoms with Crippen molar-refractivity contribution in [2.24, 2.45) is 7.05 Å². The molecular formula is C26H25N5O5. The maximum Gasteiger partial charge on any atom is 0.265 e. The van der Waals surface area contributed by atoms with Crippen LogP contribution in [-0.2, 0) is 16.6 Å². The van der Waals surface area contributed by atoms with Crippen molar-refractivity contribution in [1.82, 2.24) is 19.7 Å². The molecule has 0 unspecified atom stereocenters. The Bertz CT molecular complexity index is 1460. The van der Waals surface area contributed by atoms with E-state index in [2.05, 4.69) is 5.10 Å². The number of hydrogen-bond donors (Lipinski definition) is 0. The normalized spacial score (nSPS) is 17.7. The van der Waals surface area contributed by atoms with Gasteiger partial charge in [0, 0.05) is 20.1 Å². The minimum absolute atomic E-state index is 0.0885. The number of pyridine rings is 1. The molecule has 10 nitrogen and oxygen atoms in total. The van der Waals surface area contributed by atoms with Gasteiger partial charge in [0.15, 0.2) is 17.5 Å². The molecule has 0 aliphatic carbocycles. The number of para-hydroxylation sites is 2. The van der Waals surface area contributed by atoms with Gasteiger partial charge in [0.25, 0.3) is 11.8 Å². The molecule has 5 heterocycles. The van der Waals surface area contributed by atoms with Gasteiger partial charge < -0.3 is 23.7 Å². The lowest BCUT2D eigenvalue weighted by molar-refractivity contribution is -0.142. The lowest BCUT2D eigenvalue weighted by Crippen LogP contribution is -2.54. The number of ether oxygens (including phenoxy) is 2. The number of furan rings is 1. The third-order valence-electron chi connectivity index (χ3n) is 6.59. The second kappa shape index (κ2) is 8.80. The van der Waals surface area contributed by atoms with E-state index in [0.717, 1.165) is 0 Å². The predicted octanol–water partition coefficient (Wildman–Crippen LogP) is 2.80. The molecule has 0 radical (unpaired) electrons. The molecule has 0 spiro atoms. The zero-order valence-electron chi connectivity index (χ0n) is 20.0. The summed E-state index contributed by atoms with van der Waals surface area (Å²) in [6.07, 6.45) is 0.746. The fourth-order valence-corrected chi connectivity index (χ4v) is 4.85. The molecule has 2 aliphatic heterocycles. The highest BCUT2D eigenvalue weighted by molar-refractivity contribution is 6.15. The average Bonchev–Trinajstić information content (AvgIpc) is 3.55. The fourth-order valence-electron chi connectivity index (χ4n) is 4.85. The van der Waals surface area contributed by atoms with Gasteiger partial charge in [-0.15, -0.1) is 0 Å². The maximum absolute atomic E-state index is 14.2. The summed E-state index contributed by atoms with van der Waals surface area (Å²) in [7, 11) is 1.80. The largest absolute Gasteiger partial charge is 0.476 e. The first-order valence-corrected chi connectivity index (χ1v) is 11.8. The van der Waals surface area contributed by atoms with Crippen molar-refractivity contribution in [3.05, 3.63) is 60.0 Å². The molecule has 2 aliphatic rings. The molecule has 184 valence electrons. The van der Waals surface area contributed by atoms with Crippen LogP contribution in [0.1, 0.15) is 16.1 Å². The molecule has 36 heavy (non-hydrogen) atoms. The highest BCUT2D eigenvalue weighted by Crippen LogP contribution is 2.36. The van der Waals surface area contributed by atoms with Crippen molar-refractivity contribution in [2.45, 2.75) is 13.0 Å². The minimum Gasteiger partial charge on any atom is -0.476 e. The van der Waals surface area contributed by atoms with Crippen LogP contribution in [-0.4, -0.2) is 70.4 Å². The Morgan fingerprint density at radius 1 is 1.08 bits per heavy atom. The van der Waals surface area contributed by atoms with Gasteiger partial charge in [-0.05, 0) is 37.3 Å².